The summed E-state index contributed by atoms with van der Waals surface area (Å²) in [5.41, 5.74) is 0. The van der Waals surface area contributed by atoms with Crippen LogP contribution in [0.2, 0.25) is 0 Å². The molecule has 0 unspecified atom stereocenters. The third-order valence-electron chi connectivity index (χ3n) is 3.68. The Hall–Kier alpha value is -0.880. The van der Waals surface area contributed by atoms with E-state index < -0.39 is 0 Å². The molecule has 0 saturated carbocycles. The normalized spacial score (nSPS) is 28.8. The maximum absolute atomic E-state index is 5.21. The van der Waals surface area contributed by atoms with Crippen LogP contribution in [0.5, 0.6) is 0 Å². The number of ether oxygens (including phenoxy) is 2. The first-order valence-corrected chi connectivity index (χ1v) is 6.78. The van der Waals surface area contributed by atoms with E-state index in [0.717, 1.165) is 39.1 Å². The Bertz CT molecular complexity index is 249. The van der Waals surface area contributed by atoms with Crippen molar-refractivity contribution in [1.29, 1.82) is 0 Å². The van der Waals surface area contributed by atoms with Crippen LogP contribution in [0.15, 0.2) is 10.4 Å². The van der Waals surface area contributed by atoms with Crippen molar-refractivity contribution in [2.24, 2.45) is 10.4 Å². The molecule has 2 rings (SSSR count). The Morgan fingerprint density at radius 3 is 1.72 bits per heavy atom. The van der Waals surface area contributed by atoms with Gasteiger partial charge in [0.25, 0.3) is 0 Å². The van der Waals surface area contributed by atoms with Gasteiger partial charge in [0.1, 0.15) is 0 Å². The fourth-order valence-corrected chi connectivity index (χ4v) is 2.70. The largest absolute Gasteiger partial charge is 0.382 e. The zero-order valence-corrected chi connectivity index (χ0v) is 11.4. The minimum Gasteiger partial charge on any atom is -0.382 e. The van der Waals surface area contributed by atoms with Crippen molar-refractivity contribution < 1.29 is 9.47 Å². The lowest BCUT2D eigenvalue weighted by Gasteiger charge is -2.22. The molecular weight excluding hydrogens is 232 g/mol. The van der Waals surface area contributed by atoms with Crippen molar-refractivity contribution in [3.05, 3.63) is 0 Å². The topological polar surface area (TPSA) is 49.7 Å². The predicted molar refractivity (Wildman–Crippen MR) is 68.1 cm³/mol. The van der Waals surface area contributed by atoms with E-state index in [-0.39, 0.29) is 0 Å². The second-order valence-corrected chi connectivity index (χ2v) is 5.01. The van der Waals surface area contributed by atoms with Gasteiger partial charge in [-0.3, -0.25) is 10.0 Å². The molecule has 6 nitrogen and oxygen atoms in total. The molecule has 0 radical (unpaired) electrons. The molecule has 104 valence electrons. The van der Waals surface area contributed by atoms with E-state index in [4.69, 9.17) is 9.47 Å². The van der Waals surface area contributed by atoms with Crippen LogP contribution >= 0.6 is 0 Å². The molecule has 0 spiro atoms. The van der Waals surface area contributed by atoms with Crippen LogP contribution in [0.25, 0.3) is 0 Å². The Morgan fingerprint density at radius 2 is 1.33 bits per heavy atom. The van der Waals surface area contributed by atoms with Crippen molar-refractivity contribution in [3.8, 4) is 0 Å². The van der Waals surface area contributed by atoms with Gasteiger partial charge in [0, 0.05) is 27.3 Å². The summed E-state index contributed by atoms with van der Waals surface area (Å²) in [4.78, 5) is 0. The van der Waals surface area contributed by atoms with Gasteiger partial charge in [0.05, 0.1) is 25.3 Å². The number of rotatable bonds is 6. The highest BCUT2D eigenvalue weighted by molar-refractivity contribution is 4.77. The number of nitrogens with zero attached hydrogens (tertiary/aromatic N) is 4. The molecular formula is C12H24N4O2. The van der Waals surface area contributed by atoms with Crippen LogP contribution in [0.1, 0.15) is 25.7 Å². The van der Waals surface area contributed by atoms with Crippen molar-refractivity contribution in [3.63, 3.8) is 0 Å². The molecule has 0 aromatic rings. The molecule has 0 aromatic heterocycles. The average molecular weight is 256 g/mol. The van der Waals surface area contributed by atoms with Crippen LogP contribution in [0, 0.1) is 0 Å². The van der Waals surface area contributed by atoms with Gasteiger partial charge in [-0.2, -0.15) is 0 Å². The van der Waals surface area contributed by atoms with Crippen molar-refractivity contribution in [2.75, 3.05) is 40.5 Å². The maximum Gasteiger partial charge on any atom is 0.0722 e. The molecule has 2 fully saturated rings. The molecule has 0 aliphatic carbocycles. The molecule has 18 heavy (non-hydrogen) atoms. The molecule has 0 bridgehead atoms. The van der Waals surface area contributed by atoms with Gasteiger partial charge in [-0.15, -0.1) is 0 Å². The molecule has 0 aromatic carbocycles. The Balaban J connectivity index is 1.85. The standard InChI is InChI=1S/C12H24N4O2/c1-17-9-11-5-3-7-15(11)13-14-16-8-4-6-12(16)10-18-2/h11-12H,3-10H2,1-2H3/b14-13+/t11-,12-/m0/s1. The van der Waals surface area contributed by atoms with E-state index in [2.05, 4.69) is 20.5 Å². The van der Waals surface area contributed by atoms with E-state index in [9.17, 15) is 0 Å². The molecule has 0 N–H and O–H groups in total. The zero-order chi connectivity index (χ0) is 12.8. The number of methoxy groups -OCH3 is 2. The molecule has 0 amide bonds. The van der Waals surface area contributed by atoms with E-state index >= 15 is 0 Å². The first kappa shape index (κ1) is 13.5. The molecule has 2 saturated heterocycles. The van der Waals surface area contributed by atoms with Gasteiger partial charge in [-0.05, 0) is 25.7 Å². The predicted octanol–water partition coefficient (Wildman–Crippen LogP) is 1.49. The second kappa shape index (κ2) is 6.89. The highest BCUT2D eigenvalue weighted by Gasteiger charge is 2.26. The molecule has 2 aliphatic heterocycles. The monoisotopic (exact) mass is 256 g/mol. The lowest BCUT2D eigenvalue weighted by Crippen LogP contribution is -2.31. The lowest BCUT2D eigenvalue weighted by atomic mass is 10.2. The average Bonchev–Trinajstić information content (AvgIpc) is 2.97. The van der Waals surface area contributed by atoms with Crippen molar-refractivity contribution in [1.82, 2.24) is 10.0 Å². The Kier molecular flexibility index (Phi) is 5.19. The van der Waals surface area contributed by atoms with E-state index in [1.165, 1.54) is 12.8 Å². The van der Waals surface area contributed by atoms with Crippen LogP contribution in [0.4, 0.5) is 0 Å². The summed E-state index contributed by atoms with van der Waals surface area (Å²) in [7, 11) is 3.48. The van der Waals surface area contributed by atoms with Gasteiger partial charge in [0.2, 0.25) is 0 Å². The fraction of sp³-hybridized carbons (Fsp3) is 1.00. The molecule has 2 aliphatic rings. The summed E-state index contributed by atoms with van der Waals surface area (Å²) in [6.45, 7) is 3.45. The lowest BCUT2D eigenvalue weighted by molar-refractivity contribution is 0.0846. The second-order valence-electron chi connectivity index (χ2n) is 5.01. The minimum absolute atomic E-state index is 0.391. The van der Waals surface area contributed by atoms with Crippen LogP contribution < -0.4 is 0 Å². The van der Waals surface area contributed by atoms with Gasteiger partial charge in [0.15, 0.2) is 0 Å². The Morgan fingerprint density at radius 1 is 0.889 bits per heavy atom. The van der Waals surface area contributed by atoms with Gasteiger partial charge in [-0.1, -0.05) is 10.4 Å². The van der Waals surface area contributed by atoms with Gasteiger partial charge < -0.3 is 9.47 Å². The van der Waals surface area contributed by atoms with E-state index in [1.54, 1.807) is 14.2 Å². The fourth-order valence-electron chi connectivity index (χ4n) is 2.70. The van der Waals surface area contributed by atoms with Crippen molar-refractivity contribution >= 4 is 0 Å². The maximum atomic E-state index is 5.21. The third-order valence-corrected chi connectivity index (χ3v) is 3.68. The smallest absolute Gasteiger partial charge is 0.0722 e. The quantitative estimate of drug-likeness (QED) is 0.676. The SMILES string of the molecule is COC[C@@H]1CCCN1/N=N/N1CCC[C@H]1COC. The summed E-state index contributed by atoms with van der Waals surface area (Å²) in [6.07, 6.45) is 4.64. The Labute approximate surface area is 109 Å². The summed E-state index contributed by atoms with van der Waals surface area (Å²) >= 11 is 0. The molecule has 2 heterocycles. The van der Waals surface area contributed by atoms with Crippen LogP contribution in [0.3, 0.4) is 0 Å². The summed E-state index contributed by atoms with van der Waals surface area (Å²) in [5, 5.41) is 12.9. The van der Waals surface area contributed by atoms with Crippen molar-refractivity contribution in [2.45, 2.75) is 37.8 Å². The summed E-state index contributed by atoms with van der Waals surface area (Å²) in [6, 6.07) is 0.782. The summed E-state index contributed by atoms with van der Waals surface area (Å²) < 4.78 is 10.4. The number of hydrogen-bond donors (Lipinski definition) is 0. The van der Waals surface area contributed by atoms with E-state index in [1.807, 2.05) is 0 Å². The number of hydrogen-bond acceptors (Lipinski definition) is 4. The van der Waals surface area contributed by atoms with Crippen LogP contribution in [-0.4, -0.2) is 62.6 Å². The minimum atomic E-state index is 0.391. The zero-order valence-electron chi connectivity index (χ0n) is 11.4. The highest BCUT2D eigenvalue weighted by Crippen LogP contribution is 2.21. The first-order chi connectivity index (χ1) is 8.85. The first-order valence-electron chi connectivity index (χ1n) is 6.78. The van der Waals surface area contributed by atoms with Gasteiger partial charge >= 0.3 is 0 Å². The molecule has 2 atom stereocenters. The molecule has 6 heteroatoms. The third kappa shape index (κ3) is 3.32. The van der Waals surface area contributed by atoms with Gasteiger partial charge in [-0.25, -0.2) is 0 Å². The summed E-state index contributed by atoms with van der Waals surface area (Å²) in [5.74, 6) is 0. The highest BCUT2D eigenvalue weighted by atomic mass is 16.5. The van der Waals surface area contributed by atoms with Crippen LogP contribution in [-0.2, 0) is 9.47 Å². The van der Waals surface area contributed by atoms with E-state index in [0.29, 0.717) is 12.1 Å².